The Kier molecular flexibility index (Phi) is 2.89. The molecule has 3 nitrogen and oxygen atoms in total. The Morgan fingerprint density at radius 2 is 1.95 bits per heavy atom. The van der Waals surface area contributed by atoms with Gasteiger partial charge in [0.25, 0.3) is 0 Å². The zero-order valence-corrected chi connectivity index (χ0v) is 11.8. The van der Waals surface area contributed by atoms with Gasteiger partial charge < -0.3 is 5.32 Å². The van der Waals surface area contributed by atoms with Crippen LogP contribution in [0.4, 0.5) is 5.82 Å². The Morgan fingerprint density at radius 1 is 1.10 bits per heavy atom. The van der Waals surface area contributed by atoms with Crippen LogP contribution in [0.5, 0.6) is 0 Å². The van der Waals surface area contributed by atoms with E-state index in [1.165, 1.54) is 18.4 Å². The van der Waals surface area contributed by atoms with E-state index >= 15 is 0 Å². The zero-order valence-electron chi connectivity index (χ0n) is 11.0. The van der Waals surface area contributed by atoms with Crippen molar-refractivity contribution in [3.63, 3.8) is 0 Å². The van der Waals surface area contributed by atoms with E-state index in [1.54, 1.807) is 17.7 Å². The number of nitrogens with zero attached hydrogens (tertiary/aromatic N) is 2. The summed E-state index contributed by atoms with van der Waals surface area (Å²) in [4.78, 5) is 8.74. The molecule has 1 aliphatic carbocycles. The summed E-state index contributed by atoms with van der Waals surface area (Å²) in [5, 5.41) is 5.71. The highest BCUT2D eigenvalue weighted by atomic mass is 32.1. The molecule has 3 aromatic rings. The lowest BCUT2D eigenvalue weighted by Crippen LogP contribution is -2.13. The van der Waals surface area contributed by atoms with Gasteiger partial charge in [0.15, 0.2) is 0 Å². The van der Waals surface area contributed by atoms with Crippen LogP contribution in [0, 0.1) is 5.92 Å². The summed E-state index contributed by atoms with van der Waals surface area (Å²) >= 11 is 1.70. The van der Waals surface area contributed by atoms with Crippen LogP contribution in [0.2, 0.25) is 0 Å². The summed E-state index contributed by atoms with van der Waals surface area (Å²) in [5.74, 6) is 1.69. The van der Waals surface area contributed by atoms with Crippen LogP contribution in [0.1, 0.15) is 24.4 Å². The van der Waals surface area contributed by atoms with Gasteiger partial charge in [-0.3, -0.25) is 0 Å². The molecule has 20 heavy (non-hydrogen) atoms. The van der Waals surface area contributed by atoms with Gasteiger partial charge in [0, 0.05) is 0 Å². The highest BCUT2D eigenvalue weighted by Gasteiger charge is 2.32. The SMILES string of the molecule is c1ccc(C(Nc2ncnc3ccsc23)C2CC2)cc1. The van der Waals surface area contributed by atoms with Crippen LogP contribution in [0.3, 0.4) is 0 Å². The second-order valence-corrected chi connectivity index (χ2v) is 6.14. The molecule has 1 N–H and O–H groups in total. The first kappa shape index (κ1) is 11.9. The van der Waals surface area contributed by atoms with Crippen molar-refractivity contribution in [3.05, 3.63) is 53.7 Å². The minimum Gasteiger partial charge on any atom is -0.362 e. The average molecular weight is 281 g/mol. The molecule has 1 atom stereocenters. The molecule has 0 radical (unpaired) electrons. The third kappa shape index (κ3) is 2.16. The average Bonchev–Trinajstić information content (AvgIpc) is 3.22. The quantitative estimate of drug-likeness (QED) is 0.776. The maximum atomic E-state index is 4.44. The van der Waals surface area contributed by atoms with Crippen molar-refractivity contribution in [3.8, 4) is 0 Å². The number of aromatic nitrogens is 2. The largest absolute Gasteiger partial charge is 0.362 e. The number of anilines is 1. The van der Waals surface area contributed by atoms with Crippen molar-refractivity contribution in [2.24, 2.45) is 5.92 Å². The van der Waals surface area contributed by atoms with Crippen LogP contribution < -0.4 is 5.32 Å². The second kappa shape index (κ2) is 4.87. The molecule has 100 valence electrons. The maximum absolute atomic E-state index is 4.44. The number of thiophene rings is 1. The van der Waals surface area contributed by atoms with Crippen LogP contribution >= 0.6 is 11.3 Å². The number of rotatable bonds is 4. The van der Waals surface area contributed by atoms with Gasteiger partial charge in [0.05, 0.1) is 16.3 Å². The lowest BCUT2D eigenvalue weighted by atomic mass is 10.0. The van der Waals surface area contributed by atoms with Crippen molar-refractivity contribution in [1.82, 2.24) is 9.97 Å². The molecule has 4 rings (SSSR count). The minimum absolute atomic E-state index is 0.358. The second-order valence-electron chi connectivity index (χ2n) is 5.23. The van der Waals surface area contributed by atoms with Gasteiger partial charge in [-0.1, -0.05) is 30.3 Å². The molecule has 4 heteroatoms. The zero-order chi connectivity index (χ0) is 13.4. The Bertz CT molecular complexity index is 719. The van der Waals surface area contributed by atoms with Gasteiger partial charge in [-0.25, -0.2) is 9.97 Å². The molecule has 1 fully saturated rings. The smallest absolute Gasteiger partial charge is 0.147 e. The van der Waals surface area contributed by atoms with E-state index in [-0.39, 0.29) is 0 Å². The standard InChI is InChI=1S/C16H15N3S/c1-2-4-11(5-3-1)14(12-6-7-12)19-16-15-13(8-9-20-15)17-10-18-16/h1-5,8-10,12,14H,6-7H2,(H,17,18,19). The fourth-order valence-corrected chi connectivity index (χ4v) is 3.40. The maximum Gasteiger partial charge on any atom is 0.147 e. The number of hydrogen-bond acceptors (Lipinski definition) is 4. The molecule has 0 aliphatic heterocycles. The molecular weight excluding hydrogens is 266 g/mol. The van der Waals surface area contributed by atoms with Gasteiger partial charge in [-0.2, -0.15) is 0 Å². The van der Waals surface area contributed by atoms with E-state index < -0.39 is 0 Å². The predicted octanol–water partition coefficient (Wildman–Crippen LogP) is 4.25. The minimum atomic E-state index is 0.358. The first-order chi connectivity index (χ1) is 9.92. The molecule has 2 aromatic heterocycles. The molecule has 0 amide bonds. The van der Waals surface area contributed by atoms with E-state index in [1.807, 2.05) is 6.07 Å². The molecule has 1 unspecified atom stereocenters. The molecule has 0 bridgehead atoms. The fraction of sp³-hybridized carbons (Fsp3) is 0.250. The fourth-order valence-electron chi connectivity index (χ4n) is 2.60. The third-order valence-corrected chi connectivity index (χ3v) is 4.70. The molecule has 0 saturated heterocycles. The molecule has 1 saturated carbocycles. The summed E-state index contributed by atoms with van der Waals surface area (Å²) in [5.41, 5.74) is 2.37. The first-order valence-corrected chi connectivity index (χ1v) is 7.79. The predicted molar refractivity (Wildman–Crippen MR) is 82.9 cm³/mol. The molecule has 0 spiro atoms. The highest BCUT2D eigenvalue weighted by molar-refractivity contribution is 7.17. The van der Waals surface area contributed by atoms with Crippen LogP contribution in [0.25, 0.3) is 10.2 Å². The van der Waals surface area contributed by atoms with E-state index in [0.29, 0.717) is 6.04 Å². The Morgan fingerprint density at radius 3 is 2.75 bits per heavy atom. The Labute approximate surface area is 121 Å². The van der Waals surface area contributed by atoms with Crippen molar-refractivity contribution in [2.45, 2.75) is 18.9 Å². The van der Waals surface area contributed by atoms with E-state index in [2.05, 4.69) is 51.0 Å². The van der Waals surface area contributed by atoms with E-state index in [9.17, 15) is 0 Å². The van der Waals surface area contributed by atoms with Crippen molar-refractivity contribution >= 4 is 27.4 Å². The van der Waals surface area contributed by atoms with Crippen molar-refractivity contribution < 1.29 is 0 Å². The normalized spacial score (nSPS) is 16.2. The molecule has 1 aliphatic rings. The monoisotopic (exact) mass is 281 g/mol. The lowest BCUT2D eigenvalue weighted by molar-refractivity contribution is 0.676. The molecular formula is C16H15N3S. The third-order valence-electron chi connectivity index (χ3n) is 3.79. The van der Waals surface area contributed by atoms with Crippen LogP contribution in [-0.2, 0) is 0 Å². The van der Waals surface area contributed by atoms with Crippen LogP contribution in [-0.4, -0.2) is 9.97 Å². The number of benzene rings is 1. The number of hydrogen-bond donors (Lipinski definition) is 1. The van der Waals surface area contributed by atoms with E-state index in [4.69, 9.17) is 0 Å². The topological polar surface area (TPSA) is 37.8 Å². The summed E-state index contributed by atoms with van der Waals surface area (Å²) in [7, 11) is 0. The lowest BCUT2D eigenvalue weighted by Gasteiger charge is -2.19. The number of nitrogens with one attached hydrogen (secondary N) is 1. The van der Waals surface area contributed by atoms with Gasteiger partial charge in [-0.15, -0.1) is 11.3 Å². The summed E-state index contributed by atoms with van der Waals surface area (Å²) in [6.07, 6.45) is 4.24. The van der Waals surface area contributed by atoms with Crippen LogP contribution in [0.15, 0.2) is 48.1 Å². The number of fused-ring (bicyclic) bond motifs is 1. The van der Waals surface area contributed by atoms with Gasteiger partial charge in [-0.05, 0) is 35.8 Å². The highest BCUT2D eigenvalue weighted by Crippen LogP contribution is 2.43. The summed E-state index contributed by atoms with van der Waals surface area (Å²) in [6.45, 7) is 0. The van der Waals surface area contributed by atoms with Crippen molar-refractivity contribution in [1.29, 1.82) is 0 Å². The molecule has 1 aromatic carbocycles. The Hall–Kier alpha value is -1.94. The first-order valence-electron chi connectivity index (χ1n) is 6.91. The Balaban J connectivity index is 1.70. The van der Waals surface area contributed by atoms with E-state index in [0.717, 1.165) is 22.0 Å². The van der Waals surface area contributed by atoms with Gasteiger partial charge >= 0.3 is 0 Å². The van der Waals surface area contributed by atoms with Gasteiger partial charge in [0.1, 0.15) is 12.1 Å². The van der Waals surface area contributed by atoms with Crippen molar-refractivity contribution in [2.75, 3.05) is 5.32 Å². The molecule has 2 heterocycles. The summed E-state index contributed by atoms with van der Waals surface area (Å²) in [6, 6.07) is 13.1. The summed E-state index contributed by atoms with van der Waals surface area (Å²) < 4.78 is 1.15. The van der Waals surface area contributed by atoms with Gasteiger partial charge in [0.2, 0.25) is 0 Å².